The van der Waals surface area contributed by atoms with Crippen LogP contribution in [0.15, 0.2) is 33.6 Å². The van der Waals surface area contributed by atoms with Crippen molar-refractivity contribution in [1.29, 1.82) is 0 Å². The molecule has 3 amide bonds. The summed E-state index contributed by atoms with van der Waals surface area (Å²) in [5.41, 5.74) is 0. The molecule has 22 heavy (non-hydrogen) atoms. The molecule has 1 aliphatic heterocycles. The Morgan fingerprint density at radius 2 is 2.09 bits per heavy atom. The Hall–Kier alpha value is -1.54. The highest BCUT2D eigenvalue weighted by Gasteiger charge is 2.31. The lowest BCUT2D eigenvalue weighted by molar-refractivity contribution is -0.155. The fraction of sp³-hybridized carbons (Fsp3) is 0.357. The second-order valence-corrected chi connectivity index (χ2v) is 6.56. The van der Waals surface area contributed by atoms with E-state index in [2.05, 4.69) is 21.2 Å². The van der Waals surface area contributed by atoms with Gasteiger partial charge in [0.15, 0.2) is 6.10 Å². The van der Waals surface area contributed by atoms with Crippen molar-refractivity contribution in [2.24, 2.45) is 0 Å². The number of hydrogen-bond acceptors (Lipinski definition) is 5. The van der Waals surface area contributed by atoms with Crippen molar-refractivity contribution in [3.63, 3.8) is 0 Å². The summed E-state index contributed by atoms with van der Waals surface area (Å²) < 4.78 is 6.04. The average molecular weight is 387 g/mol. The van der Waals surface area contributed by atoms with Crippen molar-refractivity contribution >= 4 is 45.6 Å². The number of amides is 3. The molecule has 1 aliphatic rings. The van der Waals surface area contributed by atoms with E-state index in [1.54, 1.807) is 0 Å². The third-order valence-electron chi connectivity index (χ3n) is 2.95. The van der Waals surface area contributed by atoms with Crippen molar-refractivity contribution < 1.29 is 19.1 Å². The molecule has 0 spiro atoms. The van der Waals surface area contributed by atoms with Crippen LogP contribution in [0.5, 0.6) is 0 Å². The van der Waals surface area contributed by atoms with Gasteiger partial charge in [-0.3, -0.25) is 14.5 Å². The van der Waals surface area contributed by atoms with Gasteiger partial charge in [-0.05, 0) is 31.2 Å². The molecule has 1 fully saturated rings. The van der Waals surface area contributed by atoms with E-state index in [1.807, 2.05) is 24.3 Å². The van der Waals surface area contributed by atoms with Gasteiger partial charge in [-0.1, -0.05) is 15.9 Å². The van der Waals surface area contributed by atoms with E-state index in [9.17, 15) is 14.4 Å². The molecule has 1 aromatic carbocycles. The Bertz CT molecular complexity index is 579. The van der Waals surface area contributed by atoms with E-state index in [1.165, 1.54) is 18.7 Å². The van der Waals surface area contributed by atoms with Crippen molar-refractivity contribution in [3.05, 3.63) is 28.7 Å². The molecule has 0 unspecified atom stereocenters. The molecule has 6 nitrogen and oxygen atoms in total. The average Bonchev–Trinajstić information content (AvgIpc) is 2.92. The van der Waals surface area contributed by atoms with E-state index in [0.29, 0.717) is 13.1 Å². The van der Waals surface area contributed by atoms with E-state index in [-0.39, 0.29) is 5.75 Å². The summed E-state index contributed by atoms with van der Waals surface area (Å²) in [6, 6.07) is 7.07. The summed E-state index contributed by atoms with van der Waals surface area (Å²) in [6.45, 7) is 2.19. The summed E-state index contributed by atoms with van der Waals surface area (Å²) in [5.74, 6) is -0.892. The maximum absolute atomic E-state index is 12.0. The van der Waals surface area contributed by atoms with Crippen LogP contribution in [0.25, 0.3) is 0 Å². The van der Waals surface area contributed by atoms with Gasteiger partial charge in [0.05, 0.1) is 5.75 Å². The summed E-state index contributed by atoms with van der Waals surface area (Å²) in [6.07, 6.45) is -0.970. The number of imide groups is 1. The van der Waals surface area contributed by atoms with Crippen LogP contribution in [0.3, 0.4) is 0 Å². The zero-order chi connectivity index (χ0) is 16.1. The van der Waals surface area contributed by atoms with E-state index < -0.39 is 24.0 Å². The van der Waals surface area contributed by atoms with Gasteiger partial charge in [-0.25, -0.2) is 4.79 Å². The minimum atomic E-state index is -0.970. The smallest absolute Gasteiger partial charge is 0.324 e. The fourth-order valence-electron chi connectivity index (χ4n) is 1.86. The first kappa shape index (κ1) is 16.8. The van der Waals surface area contributed by atoms with Crippen LogP contribution in [-0.2, 0) is 14.3 Å². The molecule has 2 rings (SSSR count). The Morgan fingerprint density at radius 1 is 1.41 bits per heavy atom. The standard InChI is InChI=1S/C14H15BrN2O4S/c1-9(13(19)17-7-6-16-14(17)20)21-12(18)8-22-11-4-2-10(15)3-5-11/h2-5,9H,6-8H2,1H3,(H,16,20)/t9-/m1/s1. The quantitative estimate of drug-likeness (QED) is 0.618. The monoisotopic (exact) mass is 386 g/mol. The zero-order valence-electron chi connectivity index (χ0n) is 11.9. The van der Waals surface area contributed by atoms with Gasteiger partial charge >= 0.3 is 12.0 Å². The Kier molecular flexibility index (Phi) is 5.84. The van der Waals surface area contributed by atoms with E-state index in [0.717, 1.165) is 14.3 Å². The molecular weight excluding hydrogens is 372 g/mol. The number of ether oxygens (including phenoxy) is 1. The molecule has 1 atom stereocenters. The highest BCUT2D eigenvalue weighted by atomic mass is 79.9. The normalized spacial score (nSPS) is 15.4. The molecule has 118 valence electrons. The van der Waals surface area contributed by atoms with Crippen molar-refractivity contribution in [1.82, 2.24) is 10.2 Å². The maximum atomic E-state index is 12.0. The van der Waals surface area contributed by atoms with Crippen molar-refractivity contribution in [3.8, 4) is 0 Å². The molecule has 0 aliphatic carbocycles. The minimum absolute atomic E-state index is 0.103. The van der Waals surface area contributed by atoms with E-state index in [4.69, 9.17) is 4.74 Å². The van der Waals surface area contributed by atoms with Gasteiger partial charge < -0.3 is 10.1 Å². The largest absolute Gasteiger partial charge is 0.452 e. The number of halogens is 1. The Labute approximate surface area is 140 Å². The number of nitrogens with one attached hydrogen (secondary N) is 1. The molecule has 0 bridgehead atoms. The van der Waals surface area contributed by atoms with Gasteiger partial charge in [-0.2, -0.15) is 0 Å². The number of hydrogen-bond donors (Lipinski definition) is 1. The lowest BCUT2D eigenvalue weighted by Gasteiger charge is -2.18. The van der Waals surface area contributed by atoms with Gasteiger partial charge in [0.25, 0.3) is 5.91 Å². The summed E-state index contributed by atoms with van der Waals surface area (Å²) in [4.78, 5) is 37.1. The SMILES string of the molecule is C[C@@H](OC(=O)CSc1ccc(Br)cc1)C(=O)N1CCNC1=O. The molecule has 0 aromatic heterocycles. The topological polar surface area (TPSA) is 75.7 Å². The summed E-state index contributed by atoms with van der Waals surface area (Å²) >= 11 is 4.66. The van der Waals surface area contributed by atoms with Gasteiger partial charge in [0.2, 0.25) is 0 Å². The summed E-state index contributed by atoms with van der Waals surface area (Å²) in [5, 5.41) is 2.53. The van der Waals surface area contributed by atoms with E-state index >= 15 is 0 Å². The number of thioether (sulfide) groups is 1. The van der Waals surface area contributed by atoms with Crippen molar-refractivity contribution in [2.75, 3.05) is 18.8 Å². The van der Waals surface area contributed by atoms with Crippen LogP contribution in [0, 0.1) is 0 Å². The highest BCUT2D eigenvalue weighted by Crippen LogP contribution is 2.20. The number of carbonyl (C=O) groups is 3. The molecule has 1 heterocycles. The van der Waals surface area contributed by atoms with Gasteiger partial charge in [0, 0.05) is 22.5 Å². The molecule has 1 aromatic rings. The summed E-state index contributed by atoms with van der Waals surface area (Å²) in [7, 11) is 0. The third-order valence-corrected chi connectivity index (χ3v) is 4.46. The van der Waals surface area contributed by atoms with Crippen LogP contribution in [-0.4, -0.2) is 47.8 Å². The number of esters is 1. The van der Waals surface area contributed by atoms with Crippen LogP contribution in [0.1, 0.15) is 6.92 Å². The molecule has 0 saturated carbocycles. The first-order chi connectivity index (χ1) is 10.5. The minimum Gasteiger partial charge on any atom is -0.452 e. The first-order valence-electron chi connectivity index (χ1n) is 6.64. The van der Waals surface area contributed by atoms with Crippen LogP contribution in [0.2, 0.25) is 0 Å². The molecule has 8 heteroatoms. The molecular formula is C14H15BrN2O4S. The zero-order valence-corrected chi connectivity index (χ0v) is 14.3. The van der Waals surface area contributed by atoms with Crippen LogP contribution < -0.4 is 5.32 Å². The predicted molar refractivity (Wildman–Crippen MR) is 85.5 cm³/mol. The van der Waals surface area contributed by atoms with Gasteiger partial charge in [-0.15, -0.1) is 11.8 Å². The van der Waals surface area contributed by atoms with Crippen LogP contribution >= 0.6 is 27.7 Å². The fourth-order valence-corrected chi connectivity index (χ4v) is 2.80. The van der Waals surface area contributed by atoms with Gasteiger partial charge in [0.1, 0.15) is 0 Å². The number of benzene rings is 1. The number of urea groups is 1. The molecule has 1 saturated heterocycles. The Balaban J connectivity index is 1.79. The maximum Gasteiger partial charge on any atom is 0.324 e. The number of rotatable bonds is 5. The Morgan fingerprint density at radius 3 is 2.68 bits per heavy atom. The second-order valence-electron chi connectivity index (χ2n) is 4.60. The number of carbonyl (C=O) groups excluding carboxylic acids is 3. The predicted octanol–water partition coefficient (Wildman–Crippen LogP) is 2.02. The van der Waals surface area contributed by atoms with Crippen LogP contribution in [0.4, 0.5) is 4.79 Å². The third kappa shape index (κ3) is 4.48. The molecule has 0 radical (unpaired) electrons. The van der Waals surface area contributed by atoms with Crippen molar-refractivity contribution in [2.45, 2.75) is 17.9 Å². The molecule has 1 N–H and O–H groups in total. The lowest BCUT2D eigenvalue weighted by atomic mass is 10.3. The second kappa shape index (κ2) is 7.64. The highest BCUT2D eigenvalue weighted by molar-refractivity contribution is 9.10. The first-order valence-corrected chi connectivity index (χ1v) is 8.42. The lowest BCUT2D eigenvalue weighted by Crippen LogP contribution is -2.42. The number of nitrogens with zero attached hydrogens (tertiary/aromatic N) is 1.